The maximum atomic E-state index is 6.07. The van der Waals surface area contributed by atoms with E-state index < -0.39 is 0 Å². The van der Waals surface area contributed by atoms with Crippen molar-refractivity contribution in [2.75, 3.05) is 13.6 Å². The van der Waals surface area contributed by atoms with Crippen molar-refractivity contribution in [1.29, 1.82) is 0 Å². The predicted molar refractivity (Wildman–Crippen MR) is 63.3 cm³/mol. The van der Waals surface area contributed by atoms with Crippen LogP contribution in [0.15, 0.2) is 12.3 Å². The Morgan fingerprint density at radius 3 is 2.80 bits per heavy atom. The van der Waals surface area contributed by atoms with Crippen LogP contribution in [-0.4, -0.2) is 23.5 Å². The van der Waals surface area contributed by atoms with E-state index >= 15 is 0 Å². The summed E-state index contributed by atoms with van der Waals surface area (Å²) in [6.45, 7) is 2.00. The second-order valence-electron chi connectivity index (χ2n) is 4.24. The van der Waals surface area contributed by atoms with Crippen LogP contribution in [0.25, 0.3) is 0 Å². The molecule has 15 heavy (non-hydrogen) atoms. The summed E-state index contributed by atoms with van der Waals surface area (Å²) >= 11 is 11.8. The highest BCUT2D eigenvalue weighted by atomic mass is 35.5. The van der Waals surface area contributed by atoms with Gasteiger partial charge in [0.15, 0.2) is 0 Å². The molecule has 1 fully saturated rings. The Labute approximate surface area is 100 Å². The lowest BCUT2D eigenvalue weighted by Crippen LogP contribution is -2.20. The first kappa shape index (κ1) is 11.2. The van der Waals surface area contributed by atoms with Crippen molar-refractivity contribution in [3.63, 3.8) is 0 Å². The first-order valence-electron chi connectivity index (χ1n) is 5.13. The van der Waals surface area contributed by atoms with Gasteiger partial charge in [0.1, 0.15) is 5.15 Å². The highest BCUT2D eigenvalue weighted by Crippen LogP contribution is 2.30. The molecule has 0 saturated heterocycles. The zero-order valence-electron chi connectivity index (χ0n) is 8.71. The van der Waals surface area contributed by atoms with Gasteiger partial charge in [0.2, 0.25) is 0 Å². The number of hydrogen-bond acceptors (Lipinski definition) is 2. The van der Waals surface area contributed by atoms with Crippen LogP contribution in [0.2, 0.25) is 10.2 Å². The van der Waals surface area contributed by atoms with Crippen LogP contribution in [0.1, 0.15) is 18.4 Å². The third-order valence-corrected chi connectivity index (χ3v) is 3.16. The van der Waals surface area contributed by atoms with Gasteiger partial charge in [-0.05, 0) is 31.9 Å². The first-order valence-corrected chi connectivity index (χ1v) is 5.89. The molecule has 0 aromatic carbocycles. The van der Waals surface area contributed by atoms with Crippen LogP contribution in [0.3, 0.4) is 0 Å². The molecule has 0 amide bonds. The zero-order valence-corrected chi connectivity index (χ0v) is 10.2. The molecule has 1 heterocycles. The molecule has 2 nitrogen and oxygen atoms in total. The van der Waals surface area contributed by atoms with Crippen LogP contribution in [0.5, 0.6) is 0 Å². The van der Waals surface area contributed by atoms with Crippen LogP contribution >= 0.6 is 23.2 Å². The van der Waals surface area contributed by atoms with E-state index in [-0.39, 0.29) is 0 Å². The lowest BCUT2D eigenvalue weighted by Gasteiger charge is -2.16. The number of pyridine rings is 1. The van der Waals surface area contributed by atoms with Gasteiger partial charge in [0.05, 0.1) is 0 Å². The summed E-state index contributed by atoms with van der Waals surface area (Å²) in [6, 6.07) is 1.70. The van der Waals surface area contributed by atoms with Gasteiger partial charge in [-0.25, -0.2) is 4.98 Å². The van der Waals surface area contributed by atoms with Crippen molar-refractivity contribution in [3.05, 3.63) is 28.0 Å². The molecule has 0 unspecified atom stereocenters. The summed E-state index contributed by atoms with van der Waals surface area (Å²) in [5.74, 6) is 0.897. The molecule has 0 aliphatic heterocycles. The van der Waals surface area contributed by atoms with Gasteiger partial charge in [0.25, 0.3) is 0 Å². The molecule has 1 aromatic heterocycles. The predicted octanol–water partition coefficient (Wildman–Crippen LogP) is 3.23. The monoisotopic (exact) mass is 244 g/mol. The van der Waals surface area contributed by atoms with Crippen LogP contribution in [0.4, 0.5) is 0 Å². The molecule has 0 atom stereocenters. The molecule has 82 valence electrons. The highest BCUT2D eigenvalue weighted by Gasteiger charge is 2.22. The second-order valence-corrected chi connectivity index (χ2v) is 5.03. The van der Waals surface area contributed by atoms with E-state index in [1.54, 1.807) is 12.3 Å². The smallest absolute Gasteiger partial charge is 0.130 e. The molecular weight excluding hydrogens is 231 g/mol. The summed E-state index contributed by atoms with van der Waals surface area (Å²) in [7, 11) is 2.11. The average Bonchev–Trinajstić information content (AvgIpc) is 2.94. The molecule has 2 rings (SSSR count). The molecule has 1 aromatic rings. The Kier molecular flexibility index (Phi) is 3.49. The van der Waals surface area contributed by atoms with Gasteiger partial charge < -0.3 is 4.90 Å². The quantitative estimate of drug-likeness (QED) is 0.757. The van der Waals surface area contributed by atoms with Crippen molar-refractivity contribution >= 4 is 23.2 Å². The molecule has 0 N–H and O–H groups in total. The molecule has 1 aliphatic rings. The van der Waals surface area contributed by atoms with Crippen LogP contribution < -0.4 is 0 Å². The van der Waals surface area contributed by atoms with E-state index in [0.717, 1.165) is 24.6 Å². The standard InChI is InChI=1S/C11H14Cl2N2/c1-15(6-8-2-3-8)7-9-5-14-11(13)4-10(9)12/h4-5,8H,2-3,6-7H2,1H3. The van der Waals surface area contributed by atoms with Gasteiger partial charge in [-0.2, -0.15) is 0 Å². The van der Waals surface area contributed by atoms with Crippen molar-refractivity contribution in [3.8, 4) is 0 Å². The second kappa shape index (κ2) is 4.69. The minimum Gasteiger partial charge on any atom is -0.302 e. The molecule has 1 aliphatic carbocycles. The molecule has 0 spiro atoms. The van der Waals surface area contributed by atoms with Crippen molar-refractivity contribution < 1.29 is 0 Å². The lowest BCUT2D eigenvalue weighted by atomic mass is 10.2. The third kappa shape index (κ3) is 3.33. The van der Waals surface area contributed by atoms with Gasteiger partial charge >= 0.3 is 0 Å². The Morgan fingerprint density at radius 1 is 1.47 bits per heavy atom. The van der Waals surface area contributed by atoms with Gasteiger partial charge in [-0.3, -0.25) is 0 Å². The first-order chi connectivity index (χ1) is 7.15. The Hall–Kier alpha value is -0.310. The third-order valence-electron chi connectivity index (χ3n) is 2.60. The van der Waals surface area contributed by atoms with Crippen molar-refractivity contribution in [2.45, 2.75) is 19.4 Å². The fourth-order valence-corrected chi connectivity index (χ4v) is 2.07. The summed E-state index contributed by atoms with van der Waals surface area (Å²) in [5, 5.41) is 1.16. The fraction of sp³-hybridized carbons (Fsp3) is 0.545. The van der Waals surface area contributed by atoms with Gasteiger partial charge in [0, 0.05) is 29.9 Å². The van der Waals surface area contributed by atoms with E-state index in [2.05, 4.69) is 16.9 Å². The Morgan fingerprint density at radius 2 is 2.20 bits per heavy atom. The molecule has 0 radical (unpaired) electrons. The summed E-state index contributed by atoms with van der Waals surface area (Å²) in [5.41, 5.74) is 1.05. The largest absolute Gasteiger partial charge is 0.302 e. The minimum absolute atomic E-state index is 0.452. The average molecular weight is 245 g/mol. The van der Waals surface area contributed by atoms with Crippen molar-refractivity contribution in [2.24, 2.45) is 5.92 Å². The van der Waals surface area contributed by atoms with Crippen LogP contribution in [0, 0.1) is 5.92 Å². The lowest BCUT2D eigenvalue weighted by molar-refractivity contribution is 0.313. The summed E-state index contributed by atoms with van der Waals surface area (Å²) in [6.07, 6.45) is 4.50. The topological polar surface area (TPSA) is 16.1 Å². The highest BCUT2D eigenvalue weighted by molar-refractivity contribution is 6.34. The maximum absolute atomic E-state index is 6.07. The molecular formula is C11H14Cl2N2. The Balaban J connectivity index is 1.96. The maximum Gasteiger partial charge on any atom is 0.130 e. The number of nitrogens with zero attached hydrogens (tertiary/aromatic N) is 2. The van der Waals surface area contributed by atoms with Crippen LogP contribution in [-0.2, 0) is 6.54 Å². The summed E-state index contributed by atoms with van der Waals surface area (Å²) < 4.78 is 0. The van der Waals surface area contributed by atoms with E-state index in [0.29, 0.717) is 10.2 Å². The normalized spacial score (nSPS) is 16.0. The van der Waals surface area contributed by atoms with Crippen molar-refractivity contribution in [1.82, 2.24) is 9.88 Å². The molecule has 0 bridgehead atoms. The Bertz CT molecular complexity index is 350. The van der Waals surface area contributed by atoms with E-state index in [1.807, 2.05) is 0 Å². The number of halogens is 2. The van der Waals surface area contributed by atoms with E-state index in [4.69, 9.17) is 23.2 Å². The number of rotatable bonds is 4. The fourth-order valence-electron chi connectivity index (χ4n) is 1.65. The molecule has 1 saturated carbocycles. The number of hydrogen-bond donors (Lipinski definition) is 0. The summed E-state index contributed by atoms with van der Waals surface area (Å²) in [4.78, 5) is 6.33. The van der Waals surface area contributed by atoms with E-state index in [9.17, 15) is 0 Å². The van der Waals surface area contributed by atoms with E-state index in [1.165, 1.54) is 12.8 Å². The minimum atomic E-state index is 0.452. The number of aromatic nitrogens is 1. The van der Waals surface area contributed by atoms with Gasteiger partial charge in [-0.1, -0.05) is 23.2 Å². The zero-order chi connectivity index (χ0) is 10.8. The van der Waals surface area contributed by atoms with Gasteiger partial charge in [-0.15, -0.1) is 0 Å². The SMILES string of the molecule is CN(Cc1cnc(Cl)cc1Cl)CC1CC1. The molecule has 4 heteroatoms.